The lowest BCUT2D eigenvalue weighted by molar-refractivity contribution is -0.146. The van der Waals surface area contributed by atoms with Crippen LogP contribution in [0, 0.1) is 5.92 Å². The Kier molecular flexibility index (Phi) is 5.57. The van der Waals surface area contributed by atoms with Crippen LogP contribution in [0.1, 0.15) is 18.4 Å². The molecular weight excluding hydrogens is 375 g/mol. The van der Waals surface area contributed by atoms with Crippen LogP contribution in [0.15, 0.2) is 30.6 Å². The maximum absolute atomic E-state index is 13.2. The summed E-state index contributed by atoms with van der Waals surface area (Å²) in [5, 5.41) is 2.67. The quantitative estimate of drug-likeness (QED) is 0.768. The molecule has 1 aromatic heterocycles. The van der Waals surface area contributed by atoms with Crippen LogP contribution in [0.3, 0.4) is 0 Å². The number of carbonyl (C=O) groups excluding carboxylic acids is 1. The minimum atomic E-state index is -4.51. The molecule has 0 radical (unpaired) electrons. The molecule has 0 saturated carbocycles. The third-order valence-corrected chi connectivity index (χ3v) is 4.68. The number of hydrogen-bond acceptors (Lipinski definition) is 7. The van der Waals surface area contributed by atoms with Crippen molar-refractivity contribution in [3.8, 4) is 0 Å². The summed E-state index contributed by atoms with van der Waals surface area (Å²) in [6.07, 6.45) is -2.10. The second-order valence-corrected chi connectivity index (χ2v) is 6.41. The smallest absolute Gasteiger partial charge is 0.418 e. The van der Waals surface area contributed by atoms with Gasteiger partial charge in [0.2, 0.25) is 0 Å². The maximum atomic E-state index is 13.2. The lowest BCUT2D eigenvalue weighted by Crippen LogP contribution is -2.37. The third kappa shape index (κ3) is 4.10. The Hall–Kier alpha value is -3.04. The van der Waals surface area contributed by atoms with Gasteiger partial charge in [-0.15, -0.1) is 0 Å². The lowest BCUT2D eigenvalue weighted by Gasteiger charge is -2.32. The summed E-state index contributed by atoms with van der Waals surface area (Å²) in [5.74, 6) is 0.0871. The van der Waals surface area contributed by atoms with Gasteiger partial charge in [-0.2, -0.15) is 13.2 Å². The van der Waals surface area contributed by atoms with Gasteiger partial charge in [-0.1, -0.05) is 12.1 Å². The molecule has 1 aliphatic rings. The summed E-state index contributed by atoms with van der Waals surface area (Å²) < 4.78 is 44.4. The molecule has 0 amide bonds. The first-order valence-corrected chi connectivity index (χ1v) is 8.67. The summed E-state index contributed by atoms with van der Waals surface area (Å²) in [6, 6.07) is 5.10. The number of nitrogens with one attached hydrogen (secondary N) is 1. The van der Waals surface area contributed by atoms with Crippen LogP contribution in [0.5, 0.6) is 0 Å². The fraction of sp³-hybridized carbons (Fsp3) is 0.389. The molecule has 3 rings (SSSR count). The zero-order valence-corrected chi connectivity index (χ0v) is 15.2. The van der Waals surface area contributed by atoms with Gasteiger partial charge < -0.3 is 20.7 Å². The van der Waals surface area contributed by atoms with Crippen LogP contribution in [0.4, 0.5) is 36.2 Å². The molecule has 3 N–H and O–H groups in total. The van der Waals surface area contributed by atoms with E-state index in [-0.39, 0.29) is 29.1 Å². The van der Waals surface area contributed by atoms with E-state index in [2.05, 4.69) is 15.3 Å². The van der Waals surface area contributed by atoms with Gasteiger partial charge in [0.1, 0.15) is 12.0 Å². The number of nitrogen functional groups attached to an aromatic ring is 1. The number of rotatable bonds is 4. The highest BCUT2D eigenvalue weighted by molar-refractivity contribution is 5.79. The Morgan fingerprint density at radius 3 is 2.57 bits per heavy atom. The number of para-hydroxylation sites is 1. The molecule has 28 heavy (non-hydrogen) atoms. The van der Waals surface area contributed by atoms with Gasteiger partial charge in [0.05, 0.1) is 24.3 Å². The van der Waals surface area contributed by atoms with E-state index in [1.807, 2.05) is 4.90 Å². The summed E-state index contributed by atoms with van der Waals surface area (Å²) in [4.78, 5) is 21.7. The molecule has 0 unspecified atom stereocenters. The van der Waals surface area contributed by atoms with Gasteiger partial charge in [-0.25, -0.2) is 9.97 Å². The molecule has 2 aromatic rings. The minimum Gasteiger partial charge on any atom is -0.469 e. The van der Waals surface area contributed by atoms with Crippen molar-refractivity contribution >= 4 is 29.0 Å². The lowest BCUT2D eigenvalue weighted by atomic mass is 9.97. The molecular formula is C18H20F3N5O2. The van der Waals surface area contributed by atoms with Gasteiger partial charge in [0, 0.05) is 13.1 Å². The molecule has 1 saturated heterocycles. The largest absolute Gasteiger partial charge is 0.469 e. The number of esters is 1. The van der Waals surface area contributed by atoms with Gasteiger partial charge in [-0.05, 0) is 25.0 Å². The van der Waals surface area contributed by atoms with Crippen molar-refractivity contribution < 1.29 is 22.7 Å². The van der Waals surface area contributed by atoms with Crippen molar-refractivity contribution in [2.45, 2.75) is 19.0 Å². The molecule has 2 heterocycles. The van der Waals surface area contributed by atoms with E-state index in [0.29, 0.717) is 31.7 Å². The number of methoxy groups -OCH3 is 1. The predicted octanol–water partition coefficient (Wildman–Crippen LogP) is 3.21. The molecule has 0 atom stereocenters. The molecule has 1 fully saturated rings. The molecule has 10 heteroatoms. The van der Waals surface area contributed by atoms with Gasteiger partial charge >= 0.3 is 12.1 Å². The summed E-state index contributed by atoms with van der Waals surface area (Å²) in [7, 11) is 1.36. The van der Waals surface area contributed by atoms with Crippen LogP contribution in [0.2, 0.25) is 0 Å². The Balaban J connectivity index is 1.81. The first kappa shape index (κ1) is 19.7. The first-order chi connectivity index (χ1) is 13.3. The molecule has 7 nitrogen and oxygen atoms in total. The topological polar surface area (TPSA) is 93.4 Å². The summed E-state index contributed by atoms with van der Waals surface area (Å²) in [6.45, 7) is 1.05. The van der Waals surface area contributed by atoms with Crippen molar-refractivity contribution in [1.29, 1.82) is 0 Å². The second kappa shape index (κ2) is 7.91. The SMILES string of the molecule is COC(=O)C1CCN(c2ncnc(Nc3ccccc3C(F)(F)F)c2N)CC1. The van der Waals surface area contributed by atoms with E-state index in [9.17, 15) is 18.0 Å². The molecule has 0 aliphatic carbocycles. The van der Waals surface area contributed by atoms with E-state index >= 15 is 0 Å². The van der Waals surface area contributed by atoms with E-state index in [4.69, 9.17) is 10.5 Å². The van der Waals surface area contributed by atoms with Crippen molar-refractivity contribution in [2.24, 2.45) is 5.92 Å². The average molecular weight is 395 g/mol. The Labute approximate surface area is 159 Å². The predicted molar refractivity (Wildman–Crippen MR) is 98.1 cm³/mol. The van der Waals surface area contributed by atoms with Gasteiger partial charge in [-0.3, -0.25) is 4.79 Å². The number of nitrogens with two attached hydrogens (primary N) is 1. The number of hydrogen-bond donors (Lipinski definition) is 2. The zero-order chi connectivity index (χ0) is 20.3. The van der Waals surface area contributed by atoms with Crippen LogP contribution in [-0.2, 0) is 15.7 Å². The number of carbonyl (C=O) groups is 1. The molecule has 1 aliphatic heterocycles. The average Bonchev–Trinajstić information content (AvgIpc) is 2.69. The van der Waals surface area contributed by atoms with Crippen LogP contribution in [0.25, 0.3) is 0 Å². The van der Waals surface area contributed by atoms with Gasteiger partial charge in [0.25, 0.3) is 0 Å². The zero-order valence-electron chi connectivity index (χ0n) is 15.2. The fourth-order valence-corrected chi connectivity index (χ4v) is 3.20. The second-order valence-electron chi connectivity index (χ2n) is 6.41. The fourth-order valence-electron chi connectivity index (χ4n) is 3.20. The Morgan fingerprint density at radius 2 is 1.93 bits per heavy atom. The Bertz CT molecular complexity index is 851. The monoisotopic (exact) mass is 395 g/mol. The van der Waals surface area contributed by atoms with E-state index < -0.39 is 11.7 Å². The minimum absolute atomic E-state index is 0.0943. The maximum Gasteiger partial charge on any atom is 0.418 e. The number of piperidine rings is 1. The van der Waals surface area contributed by atoms with Crippen molar-refractivity contribution in [1.82, 2.24) is 9.97 Å². The number of ether oxygens (including phenoxy) is 1. The summed E-state index contributed by atoms with van der Waals surface area (Å²) >= 11 is 0. The van der Waals surface area contributed by atoms with Crippen LogP contribution in [-0.4, -0.2) is 36.1 Å². The van der Waals surface area contributed by atoms with E-state index in [1.54, 1.807) is 0 Å². The molecule has 1 aromatic carbocycles. The Morgan fingerprint density at radius 1 is 1.25 bits per heavy atom. The normalized spacial score (nSPS) is 15.4. The van der Waals surface area contributed by atoms with Crippen molar-refractivity contribution in [3.63, 3.8) is 0 Å². The first-order valence-electron chi connectivity index (χ1n) is 8.67. The number of aromatic nitrogens is 2. The number of halogens is 3. The number of anilines is 4. The molecule has 0 bridgehead atoms. The molecule has 150 valence electrons. The summed E-state index contributed by atoms with van der Waals surface area (Å²) in [5.41, 5.74) is 5.33. The highest BCUT2D eigenvalue weighted by Crippen LogP contribution is 2.37. The van der Waals surface area contributed by atoms with Crippen LogP contribution < -0.4 is 16.0 Å². The molecule has 0 spiro atoms. The van der Waals surface area contributed by atoms with E-state index in [1.165, 1.54) is 31.6 Å². The number of alkyl halides is 3. The number of nitrogens with zero attached hydrogens (tertiary/aromatic N) is 3. The highest BCUT2D eigenvalue weighted by atomic mass is 19.4. The van der Waals surface area contributed by atoms with Crippen LogP contribution >= 0.6 is 0 Å². The standard InChI is InChI=1S/C18H20F3N5O2/c1-28-17(27)11-6-8-26(9-7-11)16-14(22)15(23-10-24-16)25-13-5-3-2-4-12(13)18(19,20)21/h2-5,10-11H,6-9,22H2,1H3,(H,23,24,25). The van der Waals surface area contributed by atoms with Crippen molar-refractivity contribution in [3.05, 3.63) is 36.2 Å². The number of benzene rings is 1. The van der Waals surface area contributed by atoms with E-state index in [0.717, 1.165) is 6.07 Å². The third-order valence-electron chi connectivity index (χ3n) is 4.68. The van der Waals surface area contributed by atoms with Gasteiger partial charge in [0.15, 0.2) is 11.6 Å². The highest BCUT2D eigenvalue weighted by Gasteiger charge is 2.33. The van der Waals surface area contributed by atoms with Crippen molar-refractivity contribution in [2.75, 3.05) is 36.1 Å².